The number of carbonyl (C=O) groups is 2. The average Bonchev–Trinajstić information content (AvgIpc) is 3.39. The number of rotatable bonds is 4. The number of nitro groups is 1. The van der Waals surface area contributed by atoms with Crippen LogP contribution in [0.15, 0.2) is 71.3 Å². The molecule has 0 radical (unpaired) electrons. The van der Waals surface area contributed by atoms with Crippen molar-refractivity contribution in [2.45, 2.75) is 52.1 Å². The second-order valence-electron chi connectivity index (χ2n) is 9.97. The molecule has 8 heteroatoms. The highest BCUT2D eigenvalue weighted by molar-refractivity contribution is 6.21. The third-order valence-corrected chi connectivity index (χ3v) is 7.15. The van der Waals surface area contributed by atoms with Gasteiger partial charge in [-0.05, 0) is 68.0 Å². The number of esters is 1. The largest absolute Gasteiger partial charge is 0.454 e. The van der Waals surface area contributed by atoms with Gasteiger partial charge in [0.15, 0.2) is 11.5 Å². The van der Waals surface area contributed by atoms with Crippen LogP contribution in [0.5, 0.6) is 11.5 Å². The molecular weight excluding hydrogens is 498 g/mol. The van der Waals surface area contributed by atoms with Crippen LogP contribution in [0, 0.1) is 10.1 Å². The van der Waals surface area contributed by atoms with Gasteiger partial charge in [0, 0.05) is 17.9 Å². The van der Waals surface area contributed by atoms with Crippen molar-refractivity contribution in [1.82, 2.24) is 0 Å². The Bertz CT molecular complexity index is 1580. The molecule has 1 atom stereocenters. The van der Waals surface area contributed by atoms with E-state index in [1.807, 2.05) is 19.1 Å². The fourth-order valence-electron chi connectivity index (χ4n) is 5.23. The Balaban J connectivity index is 1.63. The molecule has 1 aliphatic heterocycles. The highest BCUT2D eigenvalue weighted by Crippen LogP contribution is 2.47. The summed E-state index contributed by atoms with van der Waals surface area (Å²) in [6.07, 6.45) is 9.43. The Hall–Kier alpha value is -4.46. The fourth-order valence-corrected chi connectivity index (χ4v) is 5.23. The third kappa shape index (κ3) is 5.41. The predicted molar refractivity (Wildman–Crippen MR) is 148 cm³/mol. The normalized spacial score (nSPS) is 21.9. The molecule has 1 unspecified atom stereocenters. The van der Waals surface area contributed by atoms with Crippen LogP contribution >= 0.6 is 0 Å². The molecule has 39 heavy (non-hydrogen) atoms. The van der Waals surface area contributed by atoms with Gasteiger partial charge in [-0.2, -0.15) is 0 Å². The van der Waals surface area contributed by atoms with E-state index < -0.39 is 17.0 Å². The molecule has 8 nitrogen and oxygen atoms in total. The number of ether oxygens (including phenoxy) is 3. The zero-order chi connectivity index (χ0) is 27.5. The van der Waals surface area contributed by atoms with Gasteiger partial charge in [0.2, 0.25) is 6.79 Å². The van der Waals surface area contributed by atoms with E-state index in [2.05, 4.69) is 19.1 Å². The first-order valence-electron chi connectivity index (χ1n) is 13.0. The number of allylic oxidation sites excluding steroid dienone is 4. The summed E-state index contributed by atoms with van der Waals surface area (Å²) in [5.41, 5.74) is 2.62. The number of non-ortho nitro benzene ring substituents is 1. The number of aldehydes is 1. The van der Waals surface area contributed by atoms with Crippen LogP contribution < -0.4 is 9.47 Å². The minimum atomic E-state index is -0.737. The lowest BCUT2D eigenvalue weighted by atomic mass is 9.95. The van der Waals surface area contributed by atoms with Crippen molar-refractivity contribution >= 4 is 39.5 Å². The molecule has 0 spiro atoms. The predicted octanol–water partition coefficient (Wildman–Crippen LogP) is 7.14. The van der Waals surface area contributed by atoms with E-state index in [0.29, 0.717) is 52.5 Å². The molecule has 0 saturated carbocycles. The molecule has 0 bridgehead atoms. The van der Waals surface area contributed by atoms with Crippen molar-refractivity contribution in [2.24, 2.45) is 0 Å². The standard InChI is InChI=1S/C31H29NO7/c1-19-7-5-9-20(2)13-23(14-21(17-33)10-6-8-19)39-31(34)25-16-27-30(38-18-37-27)29-24-12-4-3-11-22(24)15-26(28(25)29)32(35)36/h3-4,8-9,11-12,14-17,23H,5-7,10,13,18H2,1-2H3/b19-8+,20-9+,21-14-. The summed E-state index contributed by atoms with van der Waals surface area (Å²) in [5.74, 6) is -0.0577. The van der Waals surface area contributed by atoms with Crippen molar-refractivity contribution < 1.29 is 28.7 Å². The van der Waals surface area contributed by atoms with Crippen LogP contribution in [0.25, 0.3) is 21.5 Å². The number of nitro benzene ring substituents is 1. The van der Waals surface area contributed by atoms with Gasteiger partial charge in [0.25, 0.3) is 5.69 Å². The number of benzene rings is 3. The van der Waals surface area contributed by atoms with Crippen molar-refractivity contribution in [3.05, 3.63) is 87.0 Å². The van der Waals surface area contributed by atoms with E-state index in [4.69, 9.17) is 14.2 Å². The molecule has 1 heterocycles. The maximum Gasteiger partial charge on any atom is 0.339 e. The molecule has 200 valence electrons. The zero-order valence-corrected chi connectivity index (χ0v) is 21.9. The molecule has 2 aliphatic rings. The van der Waals surface area contributed by atoms with Gasteiger partial charge in [-0.15, -0.1) is 0 Å². The lowest BCUT2D eigenvalue weighted by Gasteiger charge is -2.18. The van der Waals surface area contributed by atoms with E-state index in [1.54, 1.807) is 18.2 Å². The first kappa shape index (κ1) is 26.2. The molecule has 0 aromatic heterocycles. The Labute approximate surface area is 225 Å². The summed E-state index contributed by atoms with van der Waals surface area (Å²) in [4.78, 5) is 37.3. The number of nitrogens with zero attached hydrogens (tertiary/aromatic N) is 1. The summed E-state index contributed by atoms with van der Waals surface area (Å²) in [7, 11) is 0. The highest BCUT2D eigenvalue weighted by atomic mass is 16.7. The first-order valence-corrected chi connectivity index (χ1v) is 13.0. The Morgan fingerprint density at radius 2 is 1.82 bits per heavy atom. The van der Waals surface area contributed by atoms with Gasteiger partial charge >= 0.3 is 5.97 Å². The van der Waals surface area contributed by atoms with Gasteiger partial charge in [-0.1, -0.05) is 47.6 Å². The van der Waals surface area contributed by atoms with E-state index in [9.17, 15) is 19.7 Å². The Kier molecular flexibility index (Phi) is 7.45. The summed E-state index contributed by atoms with van der Waals surface area (Å²) >= 11 is 0. The zero-order valence-electron chi connectivity index (χ0n) is 21.9. The molecule has 0 N–H and O–H groups in total. The Morgan fingerprint density at radius 3 is 2.62 bits per heavy atom. The van der Waals surface area contributed by atoms with Crippen LogP contribution in [-0.2, 0) is 9.53 Å². The fraction of sp³-hybridized carbons (Fsp3) is 0.290. The number of carbonyl (C=O) groups excluding carboxylic acids is 2. The monoisotopic (exact) mass is 527 g/mol. The maximum absolute atomic E-state index is 13.8. The van der Waals surface area contributed by atoms with E-state index in [0.717, 1.165) is 24.7 Å². The molecule has 3 aromatic carbocycles. The van der Waals surface area contributed by atoms with Crippen LogP contribution in [0.4, 0.5) is 5.69 Å². The molecule has 3 aromatic rings. The Morgan fingerprint density at radius 1 is 1.05 bits per heavy atom. The van der Waals surface area contributed by atoms with E-state index >= 15 is 0 Å². The summed E-state index contributed by atoms with van der Waals surface area (Å²) in [5, 5.41) is 14.1. The van der Waals surface area contributed by atoms with Gasteiger partial charge in [0.1, 0.15) is 12.4 Å². The SMILES string of the molecule is C/C1=C\CC/C(C=O)=C/C(OC(=O)c2cc3c(c4c2c([N+](=O)[O-])cc2ccccc24)OCO3)C/C(C)=C/CC1. The molecule has 0 fully saturated rings. The van der Waals surface area contributed by atoms with E-state index in [1.165, 1.54) is 17.7 Å². The molecule has 0 saturated heterocycles. The van der Waals surface area contributed by atoms with Crippen LogP contribution in [-0.4, -0.2) is 30.1 Å². The molecule has 1 aliphatic carbocycles. The molecular formula is C31H29NO7. The second kappa shape index (κ2) is 11.1. The van der Waals surface area contributed by atoms with Gasteiger partial charge in [0.05, 0.1) is 15.9 Å². The minimum Gasteiger partial charge on any atom is -0.454 e. The van der Waals surface area contributed by atoms with Crippen molar-refractivity contribution in [2.75, 3.05) is 6.79 Å². The molecule has 0 amide bonds. The summed E-state index contributed by atoms with van der Waals surface area (Å²) < 4.78 is 17.3. The van der Waals surface area contributed by atoms with Crippen LogP contribution in [0.2, 0.25) is 0 Å². The van der Waals surface area contributed by atoms with Crippen LogP contribution in [0.3, 0.4) is 0 Å². The molecule has 5 rings (SSSR count). The summed E-state index contributed by atoms with van der Waals surface area (Å²) in [6.45, 7) is 3.99. The highest BCUT2D eigenvalue weighted by Gasteiger charge is 2.31. The second-order valence-corrected chi connectivity index (χ2v) is 9.97. The third-order valence-electron chi connectivity index (χ3n) is 7.15. The van der Waals surface area contributed by atoms with Crippen molar-refractivity contribution in [1.29, 1.82) is 0 Å². The number of hydrogen-bond acceptors (Lipinski definition) is 7. The lowest BCUT2D eigenvalue weighted by molar-refractivity contribution is -0.383. The maximum atomic E-state index is 13.8. The first-order chi connectivity index (χ1) is 18.9. The topological polar surface area (TPSA) is 105 Å². The van der Waals surface area contributed by atoms with Gasteiger partial charge in [-0.3, -0.25) is 14.9 Å². The number of fused-ring (bicyclic) bond motifs is 5. The minimum absolute atomic E-state index is 0.0130. The number of hydrogen-bond donors (Lipinski definition) is 0. The lowest BCUT2D eigenvalue weighted by Crippen LogP contribution is -2.18. The van der Waals surface area contributed by atoms with Gasteiger partial charge in [-0.25, -0.2) is 4.79 Å². The quantitative estimate of drug-likeness (QED) is 0.0887. The van der Waals surface area contributed by atoms with Gasteiger partial charge < -0.3 is 14.2 Å². The van der Waals surface area contributed by atoms with E-state index in [-0.39, 0.29) is 23.4 Å². The average molecular weight is 528 g/mol. The van der Waals surface area contributed by atoms with Crippen molar-refractivity contribution in [3.63, 3.8) is 0 Å². The summed E-state index contributed by atoms with van der Waals surface area (Å²) in [6, 6.07) is 10.1. The van der Waals surface area contributed by atoms with Crippen molar-refractivity contribution in [3.8, 4) is 11.5 Å². The smallest absolute Gasteiger partial charge is 0.339 e. The van der Waals surface area contributed by atoms with Crippen LogP contribution in [0.1, 0.15) is 56.3 Å².